The molecule has 0 aliphatic heterocycles. The monoisotopic (exact) mass is 375 g/mol. The molecule has 0 spiro atoms. The van der Waals surface area contributed by atoms with Crippen LogP contribution in [-0.2, 0) is 0 Å². The van der Waals surface area contributed by atoms with Crippen molar-refractivity contribution in [1.29, 1.82) is 0 Å². The Hall–Kier alpha value is -3.00. The molecule has 2 aromatic rings. The zero-order valence-electron chi connectivity index (χ0n) is 15.0. The Bertz CT molecular complexity index is 771. The van der Waals surface area contributed by atoms with Crippen LogP contribution >= 0.6 is 12.2 Å². The number of benzene rings is 2. The van der Waals surface area contributed by atoms with Gasteiger partial charge in [-0.3, -0.25) is 5.43 Å². The lowest BCUT2D eigenvalue weighted by Gasteiger charge is -2.13. The maximum absolute atomic E-state index is 5.31. The molecule has 138 valence electrons. The molecule has 0 amide bonds. The number of para-hydroxylation sites is 2. The second kappa shape index (κ2) is 9.47. The summed E-state index contributed by atoms with van der Waals surface area (Å²) in [5.74, 6) is 2.30. The van der Waals surface area contributed by atoms with E-state index in [4.69, 9.17) is 31.2 Å². The molecule has 0 aliphatic rings. The van der Waals surface area contributed by atoms with Crippen LogP contribution < -0.4 is 29.7 Å². The smallest absolute Gasteiger partial charge is 0.203 e. The van der Waals surface area contributed by atoms with Gasteiger partial charge in [0.15, 0.2) is 16.6 Å². The molecule has 0 atom stereocenters. The fourth-order valence-electron chi connectivity index (χ4n) is 2.24. The topological polar surface area (TPSA) is 73.3 Å². The van der Waals surface area contributed by atoms with Crippen LogP contribution in [0.2, 0.25) is 0 Å². The van der Waals surface area contributed by atoms with Gasteiger partial charge >= 0.3 is 0 Å². The van der Waals surface area contributed by atoms with E-state index < -0.39 is 0 Å². The SMILES string of the molecule is COc1ccccc1NC(=S)N/N=C/c1cc(OC)c(OC)c(OC)c1. The summed E-state index contributed by atoms with van der Waals surface area (Å²) >= 11 is 5.23. The van der Waals surface area contributed by atoms with Gasteiger partial charge in [-0.15, -0.1) is 0 Å². The first kappa shape index (κ1) is 19.3. The number of nitrogens with zero attached hydrogens (tertiary/aromatic N) is 1. The minimum absolute atomic E-state index is 0.332. The summed E-state index contributed by atoms with van der Waals surface area (Å²) in [5.41, 5.74) is 4.26. The summed E-state index contributed by atoms with van der Waals surface area (Å²) in [6, 6.07) is 11.0. The van der Waals surface area contributed by atoms with Crippen LogP contribution in [0.3, 0.4) is 0 Å². The van der Waals surface area contributed by atoms with E-state index in [2.05, 4.69) is 15.8 Å². The number of methoxy groups -OCH3 is 4. The third-order valence-corrected chi connectivity index (χ3v) is 3.62. The van der Waals surface area contributed by atoms with E-state index >= 15 is 0 Å². The number of hydrogen-bond acceptors (Lipinski definition) is 6. The Kier molecular flexibility index (Phi) is 7.04. The molecule has 0 heterocycles. The fraction of sp³-hybridized carbons (Fsp3) is 0.222. The number of nitrogens with one attached hydrogen (secondary N) is 2. The standard InChI is InChI=1S/C18H21N3O4S/c1-22-14-8-6-5-7-13(14)20-18(26)21-19-11-12-9-15(23-2)17(25-4)16(10-12)24-3/h5-11H,1-4H3,(H2,20,21,26)/b19-11+. The van der Waals surface area contributed by atoms with Crippen molar-refractivity contribution in [3.8, 4) is 23.0 Å². The zero-order valence-corrected chi connectivity index (χ0v) is 15.8. The summed E-state index contributed by atoms with van der Waals surface area (Å²) < 4.78 is 21.2. The molecule has 0 saturated heterocycles. The van der Waals surface area contributed by atoms with Gasteiger partial charge < -0.3 is 24.3 Å². The molecule has 0 saturated carbocycles. The van der Waals surface area contributed by atoms with E-state index in [0.29, 0.717) is 28.1 Å². The third kappa shape index (κ3) is 4.76. The molecule has 0 aromatic heterocycles. The Morgan fingerprint density at radius 1 is 0.923 bits per heavy atom. The quantitative estimate of drug-likeness (QED) is 0.438. The van der Waals surface area contributed by atoms with Crippen molar-refractivity contribution in [1.82, 2.24) is 5.43 Å². The average Bonchev–Trinajstić information content (AvgIpc) is 2.67. The first-order valence-electron chi connectivity index (χ1n) is 7.66. The highest BCUT2D eigenvalue weighted by Gasteiger charge is 2.12. The predicted molar refractivity (Wildman–Crippen MR) is 106 cm³/mol. The van der Waals surface area contributed by atoms with Crippen molar-refractivity contribution in [2.24, 2.45) is 5.10 Å². The number of ether oxygens (including phenoxy) is 4. The normalized spacial score (nSPS) is 10.3. The molecule has 0 radical (unpaired) electrons. The number of hydrogen-bond donors (Lipinski definition) is 2. The van der Waals surface area contributed by atoms with E-state index in [1.165, 1.54) is 0 Å². The number of hydrazone groups is 1. The largest absolute Gasteiger partial charge is 0.495 e. The Morgan fingerprint density at radius 2 is 1.54 bits per heavy atom. The Labute approximate surface area is 157 Å². The second-order valence-electron chi connectivity index (χ2n) is 4.98. The maximum atomic E-state index is 5.31. The lowest BCUT2D eigenvalue weighted by atomic mass is 10.2. The van der Waals surface area contributed by atoms with Gasteiger partial charge in [0, 0.05) is 5.56 Å². The van der Waals surface area contributed by atoms with Crippen molar-refractivity contribution >= 4 is 29.2 Å². The molecule has 2 aromatic carbocycles. The first-order valence-corrected chi connectivity index (χ1v) is 8.06. The number of anilines is 1. The molecule has 2 rings (SSSR count). The second-order valence-corrected chi connectivity index (χ2v) is 5.39. The number of thiocarbonyl (C=S) groups is 1. The van der Waals surface area contributed by atoms with Gasteiger partial charge in [0.2, 0.25) is 5.75 Å². The van der Waals surface area contributed by atoms with E-state index in [-0.39, 0.29) is 0 Å². The van der Waals surface area contributed by atoms with Crippen molar-refractivity contribution < 1.29 is 18.9 Å². The van der Waals surface area contributed by atoms with Gasteiger partial charge in [0.1, 0.15) is 5.75 Å². The molecule has 8 heteroatoms. The molecule has 2 N–H and O–H groups in total. The van der Waals surface area contributed by atoms with E-state index in [0.717, 1.165) is 11.3 Å². The fourth-order valence-corrected chi connectivity index (χ4v) is 2.40. The van der Waals surface area contributed by atoms with Crippen molar-refractivity contribution in [3.63, 3.8) is 0 Å². The van der Waals surface area contributed by atoms with E-state index in [9.17, 15) is 0 Å². The summed E-state index contributed by atoms with van der Waals surface area (Å²) in [6.45, 7) is 0. The van der Waals surface area contributed by atoms with Gasteiger partial charge in [0.25, 0.3) is 0 Å². The molecule has 26 heavy (non-hydrogen) atoms. The average molecular weight is 375 g/mol. The predicted octanol–water partition coefficient (Wildman–Crippen LogP) is 3.04. The van der Waals surface area contributed by atoms with Crippen LogP contribution in [0.5, 0.6) is 23.0 Å². The molecular formula is C18H21N3O4S. The zero-order chi connectivity index (χ0) is 18.9. The van der Waals surface area contributed by atoms with Crippen LogP contribution in [0, 0.1) is 0 Å². The van der Waals surface area contributed by atoms with Gasteiger partial charge in [0.05, 0.1) is 40.3 Å². The minimum atomic E-state index is 0.332. The summed E-state index contributed by atoms with van der Waals surface area (Å²) in [5, 5.41) is 7.48. The van der Waals surface area contributed by atoms with Crippen molar-refractivity contribution in [2.45, 2.75) is 0 Å². The third-order valence-electron chi connectivity index (χ3n) is 3.42. The van der Waals surface area contributed by atoms with Crippen LogP contribution in [0.25, 0.3) is 0 Å². The van der Waals surface area contributed by atoms with Crippen LogP contribution in [0.15, 0.2) is 41.5 Å². The highest BCUT2D eigenvalue weighted by Crippen LogP contribution is 2.37. The van der Waals surface area contributed by atoms with Crippen LogP contribution in [0.4, 0.5) is 5.69 Å². The van der Waals surface area contributed by atoms with Gasteiger partial charge in [-0.05, 0) is 36.5 Å². The molecule has 0 aliphatic carbocycles. The van der Waals surface area contributed by atoms with Gasteiger partial charge in [-0.1, -0.05) is 12.1 Å². The van der Waals surface area contributed by atoms with Gasteiger partial charge in [-0.25, -0.2) is 0 Å². The Morgan fingerprint density at radius 3 is 2.12 bits per heavy atom. The van der Waals surface area contributed by atoms with Gasteiger partial charge in [-0.2, -0.15) is 5.10 Å². The maximum Gasteiger partial charge on any atom is 0.203 e. The molecule has 0 unspecified atom stereocenters. The van der Waals surface area contributed by atoms with E-state index in [1.807, 2.05) is 24.3 Å². The highest BCUT2D eigenvalue weighted by atomic mass is 32.1. The van der Waals surface area contributed by atoms with Crippen molar-refractivity contribution in [3.05, 3.63) is 42.0 Å². The van der Waals surface area contributed by atoms with Crippen LogP contribution in [0.1, 0.15) is 5.56 Å². The lowest BCUT2D eigenvalue weighted by molar-refractivity contribution is 0.324. The minimum Gasteiger partial charge on any atom is -0.495 e. The van der Waals surface area contributed by atoms with Crippen LogP contribution in [-0.4, -0.2) is 39.8 Å². The molecular weight excluding hydrogens is 354 g/mol. The lowest BCUT2D eigenvalue weighted by Crippen LogP contribution is -2.24. The number of rotatable bonds is 7. The van der Waals surface area contributed by atoms with E-state index in [1.54, 1.807) is 46.8 Å². The summed E-state index contributed by atoms with van der Waals surface area (Å²) in [6.07, 6.45) is 1.60. The summed E-state index contributed by atoms with van der Waals surface area (Å²) in [7, 11) is 6.27. The Balaban J connectivity index is 2.07. The first-order chi connectivity index (χ1) is 12.6. The molecule has 0 bridgehead atoms. The molecule has 0 fully saturated rings. The summed E-state index contributed by atoms with van der Waals surface area (Å²) in [4.78, 5) is 0. The molecule has 7 nitrogen and oxygen atoms in total. The highest BCUT2D eigenvalue weighted by molar-refractivity contribution is 7.80. The van der Waals surface area contributed by atoms with Crippen molar-refractivity contribution in [2.75, 3.05) is 33.8 Å².